The summed E-state index contributed by atoms with van der Waals surface area (Å²) in [5.74, 6) is -1.38. The highest BCUT2D eigenvalue weighted by molar-refractivity contribution is 5.98. The maximum atomic E-state index is 12.1. The summed E-state index contributed by atoms with van der Waals surface area (Å²) in [6, 6.07) is 4.44. The van der Waals surface area contributed by atoms with Crippen LogP contribution >= 0.6 is 0 Å². The largest absolute Gasteiger partial charge is 0.478 e. The molecule has 6 heteroatoms. The Morgan fingerprint density at radius 1 is 0.690 bits per heavy atom. The van der Waals surface area contributed by atoms with Gasteiger partial charge in [0.05, 0.1) is 5.56 Å². The standard InChI is InChI=1S/C23H36N2O4/c1-3-5-7-9-11-13-21(26)24-19-15-18(23(28)29)16-20(17-19)25-22(27)14-12-10-8-6-4-2/h15-17H,3-14H2,1-2H3,(H,24,26)(H,25,27)(H,28,29). The maximum absolute atomic E-state index is 12.1. The quantitative estimate of drug-likeness (QED) is 0.313. The summed E-state index contributed by atoms with van der Waals surface area (Å²) in [5.41, 5.74) is 0.812. The molecule has 1 aromatic carbocycles. The second-order valence-electron chi connectivity index (χ2n) is 7.53. The van der Waals surface area contributed by atoms with Crippen molar-refractivity contribution < 1.29 is 19.5 Å². The van der Waals surface area contributed by atoms with Crippen LogP contribution in [0.25, 0.3) is 0 Å². The first-order valence-corrected chi connectivity index (χ1v) is 10.9. The molecule has 0 atom stereocenters. The number of carboxylic acid groups (broad SMARTS) is 1. The van der Waals surface area contributed by atoms with Crippen molar-refractivity contribution in [1.82, 2.24) is 0 Å². The number of hydrogen-bond acceptors (Lipinski definition) is 3. The summed E-state index contributed by atoms with van der Waals surface area (Å²) in [6.45, 7) is 4.29. The second kappa shape index (κ2) is 14.6. The molecule has 6 nitrogen and oxygen atoms in total. The lowest BCUT2D eigenvalue weighted by molar-refractivity contribution is -0.117. The molecule has 0 spiro atoms. The highest BCUT2D eigenvalue weighted by Gasteiger charge is 2.11. The van der Waals surface area contributed by atoms with Gasteiger partial charge in [-0.25, -0.2) is 4.79 Å². The molecule has 0 fully saturated rings. The van der Waals surface area contributed by atoms with E-state index in [-0.39, 0.29) is 17.4 Å². The molecular weight excluding hydrogens is 368 g/mol. The minimum Gasteiger partial charge on any atom is -0.478 e. The van der Waals surface area contributed by atoms with Crippen LogP contribution in [0.2, 0.25) is 0 Å². The molecule has 0 aliphatic heterocycles. The molecule has 0 saturated carbocycles. The molecule has 0 radical (unpaired) electrons. The van der Waals surface area contributed by atoms with Gasteiger partial charge >= 0.3 is 5.97 Å². The minimum absolute atomic E-state index is 0.0315. The molecule has 0 aliphatic rings. The van der Waals surface area contributed by atoms with Gasteiger partial charge in [0.25, 0.3) is 0 Å². The Kier molecular flexibility index (Phi) is 12.4. The third kappa shape index (κ3) is 11.3. The minimum atomic E-state index is -1.10. The van der Waals surface area contributed by atoms with Crippen LogP contribution in [0.1, 0.15) is 101 Å². The van der Waals surface area contributed by atoms with E-state index < -0.39 is 5.97 Å². The highest BCUT2D eigenvalue weighted by Crippen LogP contribution is 2.20. The van der Waals surface area contributed by atoms with Crippen molar-refractivity contribution in [3.05, 3.63) is 23.8 Å². The first-order chi connectivity index (χ1) is 14.0. The van der Waals surface area contributed by atoms with E-state index in [1.54, 1.807) is 6.07 Å². The monoisotopic (exact) mass is 404 g/mol. The Bertz CT molecular complexity index is 612. The average molecular weight is 405 g/mol. The Hall–Kier alpha value is -2.37. The molecule has 1 rings (SSSR count). The normalized spacial score (nSPS) is 10.6. The number of benzene rings is 1. The number of carbonyl (C=O) groups is 3. The van der Waals surface area contributed by atoms with Crippen LogP contribution in [0.4, 0.5) is 11.4 Å². The van der Waals surface area contributed by atoms with Gasteiger partial charge in [-0.15, -0.1) is 0 Å². The molecule has 0 aliphatic carbocycles. The Labute approximate surface area is 174 Å². The van der Waals surface area contributed by atoms with Crippen molar-refractivity contribution >= 4 is 29.2 Å². The lowest BCUT2D eigenvalue weighted by atomic mass is 10.1. The van der Waals surface area contributed by atoms with Gasteiger partial charge in [0, 0.05) is 24.2 Å². The van der Waals surface area contributed by atoms with E-state index in [4.69, 9.17) is 0 Å². The van der Waals surface area contributed by atoms with Crippen LogP contribution in [0.3, 0.4) is 0 Å². The molecular formula is C23H36N2O4. The van der Waals surface area contributed by atoms with Gasteiger partial charge in [0.2, 0.25) is 11.8 Å². The number of rotatable bonds is 15. The van der Waals surface area contributed by atoms with E-state index >= 15 is 0 Å². The van der Waals surface area contributed by atoms with E-state index in [0.717, 1.165) is 51.4 Å². The van der Waals surface area contributed by atoms with Gasteiger partial charge in [0.15, 0.2) is 0 Å². The van der Waals surface area contributed by atoms with Crippen LogP contribution in [0.15, 0.2) is 18.2 Å². The van der Waals surface area contributed by atoms with Gasteiger partial charge in [-0.1, -0.05) is 65.2 Å². The summed E-state index contributed by atoms with van der Waals surface area (Å²) in [6.07, 6.45) is 11.3. The second-order valence-corrected chi connectivity index (χ2v) is 7.53. The molecule has 0 unspecified atom stereocenters. The van der Waals surface area contributed by atoms with Gasteiger partial charge in [-0.05, 0) is 31.0 Å². The zero-order chi connectivity index (χ0) is 21.5. The van der Waals surface area contributed by atoms with Crippen LogP contribution < -0.4 is 10.6 Å². The van der Waals surface area contributed by atoms with Crippen LogP contribution in [0, 0.1) is 0 Å². The van der Waals surface area contributed by atoms with Crippen molar-refractivity contribution in [3.63, 3.8) is 0 Å². The number of unbranched alkanes of at least 4 members (excludes halogenated alkanes) is 8. The topological polar surface area (TPSA) is 95.5 Å². The first-order valence-electron chi connectivity index (χ1n) is 10.9. The van der Waals surface area contributed by atoms with Gasteiger partial charge in [-0.2, -0.15) is 0 Å². The molecule has 1 aromatic rings. The molecule has 0 bridgehead atoms. The van der Waals surface area contributed by atoms with Crippen LogP contribution in [-0.2, 0) is 9.59 Å². The fourth-order valence-electron chi connectivity index (χ4n) is 3.12. The summed E-state index contributed by atoms with van der Waals surface area (Å²) in [7, 11) is 0. The zero-order valence-corrected chi connectivity index (χ0v) is 17.9. The Balaban J connectivity index is 2.61. The first kappa shape index (κ1) is 24.7. The summed E-state index contributed by atoms with van der Waals surface area (Å²) >= 11 is 0. The molecule has 29 heavy (non-hydrogen) atoms. The van der Waals surface area contributed by atoms with E-state index in [2.05, 4.69) is 24.5 Å². The summed E-state index contributed by atoms with van der Waals surface area (Å²) in [4.78, 5) is 35.7. The van der Waals surface area contributed by atoms with Gasteiger partial charge in [-0.3, -0.25) is 9.59 Å². The molecule has 3 N–H and O–H groups in total. The van der Waals surface area contributed by atoms with Crippen molar-refractivity contribution in [2.45, 2.75) is 90.9 Å². The Morgan fingerprint density at radius 2 is 1.10 bits per heavy atom. The molecule has 0 saturated heterocycles. The third-order valence-corrected chi connectivity index (χ3v) is 4.76. The average Bonchev–Trinajstić information content (AvgIpc) is 2.67. The van der Waals surface area contributed by atoms with Crippen LogP contribution in [-0.4, -0.2) is 22.9 Å². The predicted molar refractivity (Wildman–Crippen MR) is 117 cm³/mol. The number of aromatic carboxylic acids is 1. The van der Waals surface area contributed by atoms with E-state index in [1.807, 2.05) is 0 Å². The highest BCUT2D eigenvalue weighted by atomic mass is 16.4. The van der Waals surface area contributed by atoms with Crippen molar-refractivity contribution in [2.75, 3.05) is 10.6 Å². The van der Waals surface area contributed by atoms with Gasteiger partial charge < -0.3 is 15.7 Å². The molecule has 0 heterocycles. The molecule has 2 amide bonds. The number of hydrogen-bond donors (Lipinski definition) is 3. The van der Waals surface area contributed by atoms with E-state index in [1.165, 1.54) is 25.0 Å². The number of amides is 2. The van der Waals surface area contributed by atoms with E-state index in [0.29, 0.717) is 24.2 Å². The smallest absolute Gasteiger partial charge is 0.335 e. The lowest BCUT2D eigenvalue weighted by Crippen LogP contribution is -2.14. The summed E-state index contributed by atoms with van der Waals surface area (Å²) in [5, 5.41) is 14.8. The number of nitrogens with one attached hydrogen (secondary N) is 2. The van der Waals surface area contributed by atoms with Crippen molar-refractivity contribution in [2.24, 2.45) is 0 Å². The van der Waals surface area contributed by atoms with Crippen molar-refractivity contribution in [3.8, 4) is 0 Å². The maximum Gasteiger partial charge on any atom is 0.335 e. The third-order valence-electron chi connectivity index (χ3n) is 4.76. The zero-order valence-electron chi connectivity index (χ0n) is 17.9. The number of carboxylic acids is 1. The molecule has 162 valence electrons. The fourth-order valence-corrected chi connectivity index (χ4v) is 3.12. The lowest BCUT2D eigenvalue weighted by Gasteiger charge is -2.11. The molecule has 0 aromatic heterocycles. The van der Waals surface area contributed by atoms with E-state index in [9.17, 15) is 19.5 Å². The number of anilines is 2. The van der Waals surface area contributed by atoms with Crippen molar-refractivity contribution in [1.29, 1.82) is 0 Å². The van der Waals surface area contributed by atoms with Crippen LogP contribution in [0.5, 0.6) is 0 Å². The fraction of sp³-hybridized carbons (Fsp3) is 0.609. The SMILES string of the molecule is CCCCCCCC(=O)Nc1cc(NC(=O)CCCCCCC)cc(C(=O)O)c1. The predicted octanol–water partition coefficient (Wildman–Crippen LogP) is 5.98. The Morgan fingerprint density at radius 3 is 1.48 bits per heavy atom. The number of carbonyl (C=O) groups excluding carboxylic acids is 2. The van der Waals surface area contributed by atoms with Gasteiger partial charge in [0.1, 0.15) is 0 Å². The summed E-state index contributed by atoms with van der Waals surface area (Å²) < 4.78 is 0.